The average Bonchev–Trinajstić information content (AvgIpc) is 3.41. The number of amides is 1. The van der Waals surface area contributed by atoms with Crippen LogP contribution >= 0.6 is 34.3 Å². The molecule has 0 spiro atoms. The van der Waals surface area contributed by atoms with Gasteiger partial charge >= 0.3 is 0 Å². The van der Waals surface area contributed by atoms with Crippen LogP contribution in [0.1, 0.15) is 5.56 Å². The number of halogens is 1. The summed E-state index contributed by atoms with van der Waals surface area (Å²) in [4.78, 5) is 22.3. The lowest BCUT2D eigenvalue weighted by Crippen LogP contribution is -2.26. The first kappa shape index (κ1) is 17.9. The fourth-order valence-corrected chi connectivity index (χ4v) is 4.18. The van der Waals surface area contributed by atoms with E-state index in [0.29, 0.717) is 11.6 Å². The van der Waals surface area contributed by atoms with Gasteiger partial charge in [-0.15, -0.1) is 22.7 Å². The third kappa shape index (κ3) is 4.44. The Morgan fingerprint density at radius 3 is 2.78 bits per heavy atom. The second-order valence-corrected chi connectivity index (χ2v) is 8.09. The molecule has 0 bridgehead atoms. The van der Waals surface area contributed by atoms with Crippen LogP contribution in [0.3, 0.4) is 0 Å². The molecule has 0 saturated heterocycles. The van der Waals surface area contributed by atoms with Gasteiger partial charge in [-0.3, -0.25) is 4.79 Å². The average molecular weight is 415 g/mol. The van der Waals surface area contributed by atoms with Gasteiger partial charge in [-0.1, -0.05) is 29.8 Å². The van der Waals surface area contributed by atoms with Crippen molar-refractivity contribution in [2.45, 2.75) is 13.1 Å². The highest BCUT2D eigenvalue weighted by molar-refractivity contribution is 7.15. The normalized spacial score (nSPS) is 10.9. The molecule has 0 aliphatic rings. The van der Waals surface area contributed by atoms with E-state index in [4.69, 9.17) is 11.6 Å². The third-order valence-corrected chi connectivity index (χ3v) is 5.87. The van der Waals surface area contributed by atoms with E-state index < -0.39 is 0 Å². The summed E-state index contributed by atoms with van der Waals surface area (Å²) in [5, 5.41) is 8.48. The van der Waals surface area contributed by atoms with E-state index in [-0.39, 0.29) is 12.5 Å². The van der Waals surface area contributed by atoms with Crippen LogP contribution in [0, 0.1) is 0 Å². The molecule has 136 valence electrons. The Morgan fingerprint density at radius 1 is 1.15 bits per heavy atom. The van der Waals surface area contributed by atoms with Gasteiger partial charge in [0, 0.05) is 23.1 Å². The summed E-state index contributed by atoms with van der Waals surface area (Å²) in [6.07, 6.45) is 3.50. The number of carbonyl (C=O) groups excluding carboxylic acids is 1. The van der Waals surface area contributed by atoms with Crippen molar-refractivity contribution in [2.24, 2.45) is 0 Å². The molecule has 4 rings (SSSR count). The largest absolute Gasteiger partial charge is 0.350 e. The molecule has 3 aromatic heterocycles. The number of nitrogens with one attached hydrogen (secondary N) is 1. The zero-order valence-electron chi connectivity index (χ0n) is 14.1. The third-order valence-electron chi connectivity index (χ3n) is 3.86. The van der Waals surface area contributed by atoms with Crippen molar-refractivity contribution in [1.29, 1.82) is 0 Å². The van der Waals surface area contributed by atoms with Gasteiger partial charge in [0.1, 0.15) is 17.2 Å². The SMILES string of the molecule is O=C(Cn1cnc(-c2nc(-c3cccs3)cs2)c1)NCc1ccc(Cl)cc1. The summed E-state index contributed by atoms with van der Waals surface area (Å²) in [7, 11) is 0. The Balaban J connectivity index is 1.36. The molecule has 3 heterocycles. The smallest absolute Gasteiger partial charge is 0.240 e. The van der Waals surface area contributed by atoms with E-state index in [1.54, 1.807) is 33.6 Å². The minimum Gasteiger partial charge on any atom is -0.350 e. The number of imidazole rings is 1. The van der Waals surface area contributed by atoms with Gasteiger partial charge in [0.2, 0.25) is 5.91 Å². The molecule has 0 fully saturated rings. The maximum Gasteiger partial charge on any atom is 0.240 e. The van der Waals surface area contributed by atoms with Gasteiger partial charge in [-0.05, 0) is 29.1 Å². The van der Waals surface area contributed by atoms with Crippen LogP contribution in [0.15, 0.2) is 59.7 Å². The zero-order valence-corrected chi connectivity index (χ0v) is 16.5. The maximum atomic E-state index is 12.2. The van der Waals surface area contributed by atoms with Crippen LogP contribution in [0.25, 0.3) is 21.3 Å². The molecular formula is C19H15ClN4OS2. The summed E-state index contributed by atoms with van der Waals surface area (Å²) in [6, 6.07) is 11.5. The van der Waals surface area contributed by atoms with Gasteiger partial charge in [0.25, 0.3) is 0 Å². The predicted molar refractivity (Wildman–Crippen MR) is 110 cm³/mol. The first-order valence-electron chi connectivity index (χ1n) is 8.20. The van der Waals surface area contributed by atoms with Crippen LogP contribution in [0.2, 0.25) is 5.02 Å². The fourth-order valence-electron chi connectivity index (χ4n) is 2.51. The summed E-state index contributed by atoms with van der Waals surface area (Å²) in [5.41, 5.74) is 2.73. The molecule has 4 aromatic rings. The van der Waals surface area contributed by atoms with Crippen molar-refractivity contribution in [2.75, 3.05) is 0 Å². The Hall–Kier alpha value is -2.48. The topological polar surface area (TPSA) is 59.8 Å². The van der Waals surface area contributed by atoms with E-state index >= 15 is 0 Å². The lowest BCUT2D eigenvalue weighted by molar-refractivity contribution is -0.121. The molecule has 0 aliphatic carbocycles. The van der Waals surface area contributed by atoms with E-state index in [2.05, 4.69) is 15.3 Å². The van der Waals surface area contributed by atoms with Crippen LogP contribution in [-0.2, 0) is 17.9 Å². The molecule has 0 unspecified atom stereocenters. The fraction of sp³-hybridized carbons (Fsp3) is 0.105. The molecule has 0 saturated carbocycles. The highest BCUT2D eigenvalue weighted by Gasteiger charge is 2.11. The van der Waals surface area contributed by atoms with Crippen molar-refractivity contribution in [1.82, 2.24) is 19.9 Å². The number of thiazole rings is 1. The van der Waals surface area contributed by atoms with Crippen molar-refractivity contribution >= 4 is 40.2 Å². The molecule has 5 nitrogen and oxygen atoms in total. The monoisotopic (exact) mass is 414 g/mol. The highest BCUT2D eigenvalue weighted by atomic mass is 35.5. The summed E-state index contributed by atoms with van der Waals surface area (Å²) in [5.74, 6) is -0.0766. The number of benzene rings is 1. The summed E-state index contributed by atoms with van der Waals surface area (Å²) >= 11 is 9.07. The molecule has 1 amide bonds. The minimum absolute atomic E-state index is 0.0766. The second-order valence-electron chi connectivity index (χ2n) is 5.85. The van der Waals surface area contributed by atoms with Crippen LogP contribution < -0.4 is 5.32 Å². The van der Waals surface area contributed by atoms with Gasteiger partial charge in [0.15, 0.2) is 0 Å². The van der Waals surface area contributed by atoms with E-state index in [1.807, 2.05) is 53.4 Å². The van der Waals surface area contributed by atoms with Gasteiger partial charge < -0.3 is 9.88 Å². The van der Waals surface area contributed by atoms with Crippen molar-refractivity contribution in [3.8, 4) is 21.3 Å². The lowest BCUT2D eigenvalue weighted by atomic mass is 10.2. The number of carbonyl (C=O) groups is 1. The number of aromatic nitrogens is 3. The first-order valence-corrected chi connectivity index (χ1v) is 10.3. The van der Waals surface area contributed by atoms with Crippen molar-refractivity contribution < 1.29 is 4.79 Å². The van der Waals surface area contributed by atoms with Gasteiger partial charge in [-0.2, -0.15) is 0 Å². The molecular weight excluding hydrogens is 400 g/mol. The quantitative estimate of drug-likeness (QED) is 0.497. The minimum atomic E-state index is -0.0766. The molecule has 8 heteroatoms. The van der Waals surface area contributed by atoms with Crippen LogP contribution in [0.5, 0.6) is 0 Å². The maximum absolute atomic E-state index is 12.2. The van der Waals surface area contributed by atoms with Gasteiger partial charge in [0.05, 0.1) is 16.9 Å². The summed E-state index contributed by atoms with van der Waals surface area (Å²) < 4.78 is 1.76. The van der Waals surface area contributed by atoms with Crippen molar-refractivity contribution in [3.05, 3.63) is 70.3 Å². The Labute approximate surface area is 169 Å². The molecule has 27 heavy (non-hydrogen) atoms. The number of rotatable bonds is 6. The molecule has 1 aromatic carbocycles. The number of nitrogens with zero attached hydrogens (tertiary/aromatic N) is 3. The highest BCUT2D eigenvalue weighted by Crippen LogP contribution is 2.30. The number of hydrogen-bond donors (Lipinski definition) is 1. The van der Waals surface area contributed by atoms with Gasteiger partial charge in [-0.25, -0.2) is 9.97 Å². The molecule has 1 N–H and O–H groups in total. The molecule has 0 atom stereocenters. The molecule has 0 aliphatic heterocycles. The summed E-state index contributed by atoms with van der Waals surface area (Å²) in [6.45, 7) is 0.679. The zero-order chi connectivity index (χ0) is 18.6. The second kappa shape index (κ2) is 8.04. The van der Waals surface area contributed by atoms with E-state index in [0.717, 1.165) is 26.8 Å². The Kier molecular flexibility index (Phi) is 5.33. The Bertz CT molecular complexity index is 1040. The van der Waals surface area contributed by atoms with Crippen LogP contribution in [-0.4, -0.2) is 20.4 Å². The van der Waals surface area contributed by atoms with E-state index in [9.17, 15) is 4.79 Å². The predicted octanol–water partition coefficient (Wildman–Crippen LogP) is 4.70. The lowest BCUT2D eigenvalue weighted by Gasteiger charge is -2.06. The standard InChI is InChI=1S/C19H15ClN4OS2/c20-14-5-3-13(4-6-14)8-21-18(25)10-24-9-15(22-12-24)19-23-16(11-27-19)17-2-1-7-26-17/h1-7,9,11-12H,8,10H2,(H,21,25). The number of hydrogen-bond acceptors (Lipinski definition) is 5. The van der Waals surface area contributed by atoms with Crippen LogP contribution in [0.4, 0.5) is 0 Å². The number of thiophene rings is 1. The Morgan fingerprint density at radius 2 is 2.00 bits per heavy atom. The van der Waals surface area contributed by atoms with E-state index in [1.165, 1.54) is 0 Å². The molecule has 0 radical (unpaired) electrons. The first-order chi connectivity index (χ1) is 13.2. The van der Waals surface area contributed by atoms with Crippen molar-refractivity contribution in [3.63, 3.8) is 0 Å².